The fraction of sp³-hybridized carbons (Fsp3) is 0.571. The van der Waals surface area contributed by atoms with Crippen molar-refractivity contribution in [3.05, 3.63) is 75.5 Å². The number of piperazine rings is 1. The van der Waals surface area contributed by atoms with E-state index in [9.17, 15) is 28.4 Å². The molecule has 56 heavy (non-hydrogen) atoms. The van der Waals surface area contributed by atoms with Gasteiger partial charge in [0.1, 0.15) is 11.9 Å². The number of aromatic nitrogens is 2. The normalized spacial score (nSPS) is 20.5. The first kappa shape index (κ1) is 39.5. The number of halogens is 1. The Bertz CT molecular complexity index is 1940. The summed E-state index contributed by atoms with van der Waals surface area (Å²) in [5.74, 6) is -0.974. The molecular weight excluding hydrogens is 718 g/mol. The number of piperidine rings is 2. The van der Waals surface area contributed by atoms with Gasteiger partial charge < -0.3 is 24.8 Å². The number of hydrogen-bond acceptors (Lipinski definition) is 8. The van der Waals surface area contributed by atoms with Gasteiger partial charge in [0, 0.05) is 64.2 Å². The van der Waals surface area contributed by atoms with Gasteiger partial charge in [-0.15, -0.1) is 0 Å². The van der Waals surface area contributed by atoms with Gasteiger partial charge in [0.25, 0.3) is 11.5 Å². The quantitative estimate of drug-likeness (QED) is 0.282. The van der Waals surface area contributed by atoms with Gasteiger partial charge in [0.2, 0.25) is 18.2 Å². The third-order valence-corrected chi connectivity index (χ3v) is 12.5. The molecule has 13 nitrogen and oxygen atoms in total. The van der Waals surface area contributed by atoms with Crippen molar-refractivity contribution in [1.82, 2.24) is 35.1 Å². The van der Waals surface area contributed by atoms with Crippen LogP contribution in [0.25, 0.3) is 10.8 Å². The fourth-order valence-electron chi connectivity index (χ4n) is 9.12. The van der Waals surface area contributed by atoms with Crippen molar-refractivity contribution >= 4 is 34.9 Å². The van der Waals surface area contributed by atoms with Crippen LogP contribution in [0.1, 0.15) is 86.3 Å². The van der Waals surface area contributed by atoms with Crippen LogP contribution in [0.5, 0.6) is 0 Å². The van der Waals surface area contributed by atoms with Crippen LogP contribution < -0.4 is 10.9 Å². The molecule has 1 atom stereocenters. The van der Waals surface area contributed by atoms with Crippen LogP contribution in [0.4, 0.5) is 4.39 Å². The molecule has 0 spiro atoms. The summed E-state index contributed by atoms with van der Waals surface area (Å²) in [6.07, 6.45) is 9.63. The number of carbonyl (C=O) groups excluding carboxylic acids is 4. The second-order valence-electron chi connectivity index (χ2n) is 16.3. The third kappa shape index (κ3) is 8.96. The van der Waals surface area contributed by atoms with Crippen LogP contribution in [0.2, 0.25) is 0 Å². The number of nitrogens with zero attached hydrogens (tertiary/aromatic N) is 5. The minimum Gasteiger partial charge on any atom is -0.375 e. The lowest BCUT2D eigenvalue weighted by atomic mass is 9.70. The van der Waals surface area contributed by atoms with Gasteiger partial charge in [-0.25, -0.2) is 9.49 Å². The Morgan fingerprint density at radius 2 is 1.54 bits per heavy atom. The maximum absolute atomic E-state index is 15.0. The molecule has 3 aromatic rings. The molecule has 300 valence electrons. The Morgan fingerprint density at radius 3 is 2.21 bits per heavy atom. The lowest BCUT2D eigenvalue weighted by Crippen LogP contribution is -2.56. The summed E-state index contributed by atoms with van der Waals surface area (Å²) >= 11 is 0. The van der Waals surface area contributed by atoms with Crippen molar-refractivity contribution in [3.8, 4) is 0 Å². The van der Waals surface area contributed by atoms with E-state index in [2.05, 4.69) is 27.3 Å². The zero-order chi connectivity index (χ0) is 39.2. The molecule has 1 unspecified atom stereocenters. The number of H-pyrrole nitrogens is 1. The second kappa shape index (κ2) is 17.6. The maximum Gasteiger partial charge on any atom is 0.272 e. The van der Waals surface area contributed by atoms with Crippen LogP contribution in [0.15, 0.2) is 47.3 Å². The van der Waals surface area contributed by atoms with Crippen LogP contribution >= 0.6 is 0 Å². The molecule has 2 aromatic carbocycles. The van der Waals surface area contributed by atoms with E-state index >= 15 is 0 Å². The molecule has 1 saturated carbocycles. The number of ether oxygens (including phenoxy) is 1. The predicted octanol–water partition coefficient (Wildman–Crippen LogP) is 3.49. The Balaban J connectivity index is 0.832. The smallest absolute Gasteiger partial charge is 0.272 e. The summed E-state index contributed by atoms with van der Waals surface area (Å²) in [4.78, 5) is 71.4. The van der Waals surface area contributed by atoms with Crippen molar-refractivity contribution in [1.29, 1.82) is 0 Å². The molecule has 4 amide bonds. The molecular formula is C42H54FN7O6. The van der Waals surface area contributed by atoms with Crippen LogP contribution in [0, 0.1) is 11.2 Å². The van der Waals surface area contributed by atoms with Crippen molar-refractivity contribution < 1.29 is 28.3 Å². The third-order valence-electron chi connectivity index (χ3n) is 12.5. The number of amides is 4. The number of carbonyl (C=O) groups is 4. The van der Waals surface area contributed by atoms with Gasteiger partial charge in [-0.3, -0.25) is 28.9 Å². The molecule has 3 saturated heterocycles. The number of likely N-dealkylation sites (tertiary alicyclic amines) is 2. The molecule has 4 heterocycles. The van der Waals surface area contributed by atoms with E-state index in [-0.39, 0.29) is 40.6 Å². The largest absolute Gasteiger partial charge is 0.375 e. The zero-order valence-electron chi connectivity index (χ0n) is 32.3. The fourth-order valence-corrected chi connectivity index (χ4v) is 9.12. The standard InChI is InChI=1S/C42H54FN7O6/c1-42(15-5-2-6-16-42)38(44-28-51)41(55)49-19-13-31(14-20-49)56-30-11-17-47(18-12-30)27-37(52)48-21-23-50(24-22-48)40(54)34-25-29(9-10-35(34)43)26-36-32-7-3-4-8-33(32)39(53)46-45-36/h3-4,7-10,25,28,30-31,38H,2,5-6,11-24,26-27H2,1H3,(H,44,51)(H,46,53). The van der Waals surface area contributed by atoms with E-state index in [4.69, 9.17) is 4.74 Å². The lowest BCUT2D eigenvalue weighted by molar-refractivity contribution is -0.143. The van der Waals surface area contributed by atoms with Gasteiger partial charge in [-0.1, -0.05) is 50.5 Å². The Kier molecular flexibility index (Phi) is 12.4. The van der Waals surface area contributed by atoms with Crippen molar-refractivity contribution in [2.45, 2.75) is 89.4 Å². The maximum atomic E-state index is 15.0. The minimum absolute atomic E-state index is 0.0202. The topological polar surface area (TPSA) is 148 Å². The number of nitrogens with one attached hydrogen (secondary N) is 2. The van der Waals surface area contributed by atoms with Crippen LogP contribution in [-0.2, 0) is 25.5 Å². The first-order chi connectivity index (χ1) is 27.1. The highest BCUT2D eigenvalue weighted by Crippen LogP contribution is 2.39. The first-order valence-electron chi connectivity index (χ1n) is 20.3. The molecule has 14 heteroatoms. The molecule has 3 aliphatic heterocycles. The summed E-state index contributed by atoms with van der Waals surface area (Å²) in [7, 11) is 0. The highest BCUT2D eigenvalue weighted by Gasteiger charge is 2.42. The molecule has 0 radical (unpaired) electrons. The summed E-state index contributed by atoms with van der Waals surface area (Å²) < 4.78 is 21.5. The summed E-state index contributed by atoms with van der Waals surface area (Å²) in [6, 6.07) is 11.1. The lowest BCUT2D eigenvalue weighted by Gasteiger charge is -2.43. The number of hydrogen-bond donors (Lipinski definition) is 2. The summed E-state index contributed by atoms with van der Waals surface area (Å²) in [6.45, 7) is 6.58. The monoisotopic (exact) mass is 771 g/mol. The summed E-state index contributed by atoms with van der Waals surface area (Å²) in [5.41, 5.74) is 0.814. The van der Waals surface area contributed by atoms with E-state index < -0.39 is 17.8 Å². The Labute approximate surface area is 326 Å². The zero-order valence-corrected chi connectivity index (χ0v) is 32.3. The SMILES string of the molecule is CC1(C(NC=O)C(=O)N2CCC(OC3CCN(CC(=O)N4CCN(C(=O)c5cc(Cc6n[nH]c(=O)c7ccccc67)ccc5F)CC4)CC3)CC2)CCCCC1. The van der Waals surface area contributed by atoms with Gasteiger partial charge in [0.05, 0.1) is 35.4 Å². The Morgan fingerprint density at radius 1 is 0.893 bits per heavy atom. The van der Waals surface area contributed by atoms with E-state index in [0.29, 0.717) is 80.7 Å². The molecule has 2 N–H and O–H groups in total. The predicted molar refractivity (Wildman–Crippen MR) is 208 cm³/mol. The van der Waals surface area contributed by atoms with Gasteiger partial charge in [0.15, 0.2) is 0 Å². The molecule has 4 fully saturated rings. The van der Waals surface area contributed by atoms with Gasteiger partial charge >= 0.3 is 0 Å². The molecule has 7 rings (SSSR count). The molecule has 0 bridgehead atoms. The van der Waals surface area contributed by atoms with E-state index in [1.807, 2.05) is 17.0 Å². The number of fused-ring (bicyclic) bond motifs is 1. The summed E-state index contributed by atoms with van der Waals surface area (Å²) in [5, 5.41) is 10.8. The van der Waals surface area contributed by atoms with E-state index in [0.717, 1.165) is 64.5 Å². The van der Waals surface area contributed by atoms with E-state index in [1.165, 1.54) is 12.5 Å². The van der Waals surface area contributed by atoms with Crippen molar-refractivity contribution in [3.63, 3.8) is 0 Å². The number of aromatic amines is 1. The average Bonchev–Trinajstić information content (AvgIpc) is 3.22. The first-order valence-corrected chi connectivity index (χ1v) is 20.3. The highest BCUT2D eigenvalue weighted by molar-refractivity contribution is 5.95. The van der Waals surface area contributed by atoms with Gasteiger partial charge in [-0.05, 0) is 67.7 Å². The second-order valence-corrected chi connectivity index (χ2v) is 16.3. The van der Waals surface area contributed by atoms with Gasteiger partial charge in [-0.2, -0.15) is 5.10 Å². The average molecular weight is 772 g/mol. The molecule has 1 aromatic heterocycles. The Hall–Kier alpha value is -4.69. The van der Waals surface area contributed by atoms with E-state index in [1.54, 1.807) is 34.1 Å². The van der Waals surface area contributed by atoms with Crippen molar-refractivity contribution in [2.75, 3.05) is 58.9 Å². The number of benzene rings is 2. The highest BCUT2D eigenvalue weighted by atomic mass is 19.1. The minimum atomic E-state index is -0.606. The number of rotatable bonds is 11. The van der Waals surface area contributed by atoms with Crippen molar-refractivity contribution in [2.24, 2.45) is 5.41 Å². The van der Waals surface area contributed by atoms with Crippen LogP contribution in [-0.4, -0.2) is 131 Å². The molecule has 1 aliphatic carbocycles. The van der Waals surface area contributed by atoms with Crippen LogP contribution in [0.3, 0.4) is 0 Å². The molecule has 4 aliphatic rings.